The van der Waals surface area contributed by atoms with Gasteiger partial charge in [-0.05, 0) is 39.0 Å². The fraction of sp³-hybridized carbons (Fsp3) is 0.632. The molecule has 1 aromatic rings. The second kappa shape index (κ2) is 7.93. The van der Waals surface area contributed by atoms with Crippen LogP contribution in [0, 0.1) is 0 Å². The van der Waals surface area contributed by atoms with Gasteiger partial charge < -0.3 is 15.1 Å². The van der Waals surface area contributed by atoms with Gasteiger partial charge in [-0.25, -0.2) is 0 Å². The van der Waals surface area contributed by atoms with Crippen LogP contribution in [0.1, 0.15) is 20.8 Å². The van der Waals surface area contributed by atoms with Gasteiger partial charge in [-0.15, -0.1) is 0 Å². The molecule has 5 nitrogen and oxygen atoms in total. The van der Waals surface area contributed by atoms with Crippen LogP contribution in [0.4, 0.5) is 5.69 Å². The van der Waals surface area contributed by atoms with Crippen LogP contribution in [0.15, 0.2) is 18.2 Å². The molecule has 144 valence electrons. The molecule has 0 saturated carbocycles. The first-order chi connectivity index (χ1) is 12.3. The van der Waals surface area contributed by atoms with Gasteiger partial charge in [0.1, 0.15) is 0 Å². The highest BCUT2D eigenvalue weighted by atomic mass is 35.5. The maximum atomic E-state index is 12.9. The summed E-state index contributed by atoms with van der Waals surface area (Å²) in [4.78, 5) is 19.6. The highest BCUT2D eigenvalue weighted by molar-refractivity contribution is 6.42. The Bertz CT molecular complexity index is 653. The van der Waals surface area contributed by atoms with E-state index in [2.05, 4.69) is 35.9 Å². The largest absolute Gasteiger partial charge is 0.368 e. The minimum atomic E-state index is -0.112. The van der Waals surface area contributed by atoms with Gasteiger partial charge in [0.15, 0.2) is 0 Å². The quantitative estimate of drug-likeness (QED) is 0.830. The first kappa shape index (κ1) is 19.7. The molecule has 0 aliphatic carbocycles. The van der Waals surface area contributed by atoms with Crippen molar-refractivity contribution in [2.75, 3.05) is 50.7 Å². The molecule has 1 unspecified atom stereocenters. The number of halogens is 2. The lowest BCUT2D eigenvalue weighted by molar-refractivity contribution is -0.135. The lowest BCUT2D eigenvalue weighted by Gasteiger charge is -2.43. The van der Waals surface area contributed by atoms with Crippen molar-refractivity contribution in [2.24, 2.45) is 0 Å². The SMILES string of the molecule is CC(C)(C)N1CCNC(C(=O)N2CCN(c3ccc(Cl)c(Cl)c3)CC2)C1. The van der Waals surface area contributed by atoms with Crippen molar-refractivity contribution in [1.82, 2.24) is 15.1 Å². The summed E-state index contributed by atoms with van der Waals surface area (Å²) in [5, 5.41) is 4.53. The minimum absolute atomic E-state index is 0.0905. The number of rotatable bonds is 2. The number of hydrogen-bond donors (Lipinski definition) is 1. The summed E-state index contributed by atoms with van der Waals surface area (Å²) in [6.07, 6.45) is 0. The molecule has 3 rings (SSSR count). The van der Waals surface area contributed by atoms with E-state index in [0.29, 0.717) is 10.0 Å². The maximum absolute atomic E-state index is 12.9. The standard InChI is InChI=1S/C19H28Cl2N4O/c1-19(2,3)25-7-6-22-17(13-25)18(26)24-10-8-23(9-11-24)14-4-5-15(20)16(21)12-14/h4-5,12,17,22H,6-11,13H2,1-3H3. The molecule has 2 aliphatic rings. The zero-order chi connectivity index (χ0) is 18.9. The van der Waals surface area contributed by atoms with Gasteiger partial charge in [0.05, 0.1) is 16.1 Å². The highest BCUT2D eigenvalue weighted by Crippen LogP contribution is 2.28. The lowest BCUT2D eigenvalue weighted by Crippen LogP contribution is -2.63. The Morgan fingerprint density at radius 1 is 1.08 bits per heavy atom. The molecule has 1 N–H and O–H groups in total. The van der Waals surface area contributed by atoms with E-state index in [1.807, 2.05) is 23.1 Å². The van der Waals surface area contributed by atoms with Crippen molar-refractivity contribution in [3.8, 4) is 0 Å². The van der Waals surface area contributed by atoms with E-state index in [9.17, 15) is 4.79 Å². The Balaban J connectivity index is 1.57. The molecule has 7 heteroatoms. The number of nitrogens with zero attached hydrogens (tertiary/aromatic N) is 3. The number of benzene rings is 1. The zero-order valence-electron chi connectivity index (χ0n) is 15.8. The van der Waals surface area contributed by atoms with Crippen LogP contribution in [-0.2, 0) is 4.79 Å². The number of amides is 1. The fourth-order valence-electron chi connectivity index (χ4n) is 3.61. The molecular weight excluding hydrogens is 371 g/mol. The Kier molecular flexibility index (Phi) is 6.02. The number of carbonyl (C=O) groups excluding carboxylic acids is 1. The van der Waals surface area contributed by atoms with E-state index < -0.39 is 0 Å². The molecule has 1 aromatic carbocycles. The van der Waals surface area contributed by atoms with Crippen molar-refractivity contribution in [2.45, 2.75) is 32.4 Å². The summed E-state index contributed by atoms with van der Waals surface area (Å²) in [5.41, 5.74) is 1.15. The first-order valence-corrected chi connectivity index (χ1v) is 9.98. The van der Waals surface area contributed by atoms with E-state index in [4.69, 9.17) is 23.2 Å². The second-order valence-corrected chi connectivity index (χ2v) is 8.85. The predicted octanol–water partition coefficient (Wildman–Crippen LogP) is 2.71. The molecule has 0 bridgehead atoms. The maximum Gasteiger partial charge on any atom is 0.241 e. The second-order valence-electron chi connectivity index (χ2n) is 8.03. The molecule has 2 fully saturated rings. The number of carbonyl (C=O) groups is 1. The molecule has 2 aliphatic heterocycles. The Labute approximate surface area is 166 Å². The van der Waals surface area contributed by atoms with Gasteiger partial charge in [0.2, 0.25) is 5.91 Å². The number of nitrogens with one attached hydrogen (secondary N) is 1. The molecule has 2 heterocycles. The summed E-state index contributed by atoms with van der Waals surface area (Å²) in [7, 11) is 0. The average molecular weight is 399 g/mol. The lowest BCUT2D eigenvalue weighted by atomic mass is 10.0. The summed E-state index contributed by atoms with van der Waals surface area (Å²) in [6.45, 7) is 12.3. The van der Waals surface area contributed by atoms with Crippen molar-refractivity contribution >= 4 is 34.8 Å². The number of piperazine rings is 2. The predicted molar refractivity (Wildman–Crippen MR) is 108 cm³/mol. The Morgan fingerprint density at radius 3 is 2.38 bits per heavy atom. The van der Waals surface area contributed by atoms with E-state index >= 15 is 0 Å². The number of anilines is 1. The first-order valence-electron chi connectivity index (χ1n) is 9.23. The van der Waals surface area contributed by atoms with Crippen LogP contribution in [0.5, 0.6) is 0 Å². The smallest absolute Gasteiger partial charge is 0.241 e. The van der Waals surface area contributed by atoms with Crippen LogP contribution >= 0.6 is 23.2 Å². The third-order valence-electron chi connectivity index (χ3n) is 5.28. The van der Waals surface area contributed by atoms with Crippen molar-refractivity contribution in [3.05, 3.63) is 28.2 Å². The van der Waals surface area contributed by atoms with Crippen LogP contribution < -0.4 is 10.2 Å². The highest BCUT2D eigenvalue weighted by Gasteiger charge is 2.34. The van der Waals surface area contributed by atoms with Crippen LogP contribution in [0.25, 0.3) is 0 Å². The van der Waals surface area contributed by atoms with E-state index in [0.717, 1.165) is 51.5 Å². The topological polar surface area (TPSA) is 38.8 Å². The van der Waals surface area contributed by atoms with Crippen LogP contribution in [-0.4, -0.2) is 73.1 Å². The fourth-order valence-corrected chi connectivity index (χ4v) is 3.90. The van der Waals surface area contributed by atoms with Gasteiger partial charge in [-0.2, -0.15) is 0 Å². The number of hydrogen-bond acceptors (Lipinski definition) is 4. The van der Waals surface area contributed by atoms with Crippen molar-refractivity contribution in [1.29, 1.82) is 0 Å². The van der Waals surface area contributed by atoms with Crippen molar-refractivity contribution < 1.29 is 4.79 Å². The normalized spacial score (nSPS) is 22.6. The van der Waals surface area contributed by atoms with Gasteiger partial charge in [-0.3, -0.25) is 9.69 Å². The van der Waals surface area contributed by atoms with E-state index in [-0.39, 0.29) is 17.5 Å². The molecule has 0 spiro atoms. The minimum Gasteiger partial charge on any atom is -0.368 e. The monoisotopic (exact) mass is 398 g/mol. The third-order valence-corrected chi connectivity index (χ3v) is 6.02. The van der Waals surface area contributed by atoms with Gasteiger partial charge in [0, 0.05) is 57.0 Å². The summed E-state index contributed by atoms with van der Waals surface area (Å²) < 4.78 is 0. The average Bonchev–Trinajstić information content (AvgIpc) is 2.63. The zero-order valence-corrected chi connectivity index (χ0v) is 17.3. The van der Waals surface area contributed by atoms with Crippen molar-refractivity contribution in [3.63, 3.8) is 0 Å². The van der Waals surface area contributed by atoms with Crippen LogP contribution in [0.2, 0.25) is 10.0 Å². The van der Waals surface area contributed by atoms with E-state index in [1.54, 1.807) is 0 Å². The summed E-state index contributed by atoms with van der Waals surface area (Å²) >= 11 is 12.1. The van der Waals surface area contributed by atoms with Gasteiger partial charge in [0.25, 0.3) is 0 Å². The molecule has 1 atom stereocenters. The Hall–Kier alpha value is -1.01. The molecule has 2 saturated heterocycles. The molecular formula is C19H28Cl2N4O. The summed E-state index contributed by atoms with van der Waals surface area (Å²) in [6, 6.07) is 5.59. The molecule has 26 heavy (non-hydrogen) atoms. The summed E-state index contributed by atoms with van der Waals surface area (Å²) in [5.74, 6) is 0.215. The van der Waals surface area contributed by atoms with Crippen LogP contribution in [0.3, 0.4) is 0 Å². The molecule has 0 radical (unpaired) electrons. The molecule has 1 amide bonds. The third kappa shape index (κ3) is 4.45. The molecule has 0 aromatic heterocycles. The van der Waals surface area contributed by atoms with E-state index in [1.165, 1.54) is 0 Å². The Morgan fingerprint density at radius 2 is 1.77 bits per heavy atom. The van der Waals surface area contributed by atoms with Gasteiger partial charge >= 0.3 is 0 Å². The van der Waals surface area contributed by atoms with Gasteiger partial charge in [-0.1, -0.05) is 23.2 Å².